The zero-order valence-corrected chi connectivity index (χ0v) is 13.4. The Morgan fingerprint density at radius 3 is 2.79 bits per heavy atom. The van der Waals surface area contributed by atoms with Crippen LogP contribution < -0.4 is 10.2 Å². The molecule has 126 valence electrons. The SMILES string of the molecule is O=C(NCc1cc(C2CC2)on1)N1CCN(c2cnccn2)CC1. The van der Waals surface area contributed by atoms with Gasteiger partial charge in [0, 0.05) is 50.6 Å². The van der Waals surface area contributed by atoms with Crippen LogP contribution in [0.1, 0.15) is 30.2 Å². The summed E-state index contributed by atoms with van der Waals surface area (Å²) in [7, 11) is 0. The maximum atomic E-state index is 12.3. The van der Waals surface area contributed by atoms with Gasteiger partial charge in [0.15, 0.2) is 0 Å². The Labute approximate surface area is 139 Å². The van der Waals surface area contributed by atoms with Gasteiger partial charge in [-0.15, -0.1) is 0 Å². The molecule has 4 rings (SSSR count). The molecule has 1 aliphatic heterocycles. The number of hydrogen-bond acceptors (Lipinski definition) is 6. The molecule has 0 spiro atoms. The number of carbonyl (C=O) groups is 1. The maximum absolute atomic E-state index is 12.3. The molecular weight excluding hydrogens is 308 g/mol. The van der Waals surface area contributed by atoms with Crippen molar-refractivity contribution in [2.75, 3.05) is 31.1 Å². The fraction of sp³-hybridized carbons (Fsp3) is 0.500. The number of nitrogens with one attached hydrogen (secondary N) is 1. The zero-order chi connectivity index (χ0) is 16.4. The van der Waals surface area contributed by atoms with E-state index in [0.29, 0.717) is 25.6 Å². The number of aromatic nitrogens is 3. The van der Waals surface area contributed by atoms with Crippen molar-refractivity contribution >= 4 is 11.8 Å². The molecule has 0 aromatic carbocycles. The van der Waals surface area contributed by atoms with Crippen molar-refractivity contribution in [1.29, 1.82) is 0 Å². The van der Waals surface area contributed by atoms with Crippen LogP contribution in [-0.4, -0.2) is 52.2 Å². The van der Waals surface area contributed by atoms with E-state index in [-0.39, 0.29) is 6.03 Å². The third kappa shape index (κ3) is 3.32. The van der Waals surface area contributed by atoms with E-state index in [1.807, 2.05) is 11.0 Å². The number of urea groups is 1. The lowest BCUT2D eigenvalue weighted by atomic mass is 10.3. The lowest BCUT2D eigenvalue weighted by Gasteiger charge is -2.35. The molecule has 2 amide bonds. The highest BCUT2D eigenvalue weighted by Gasteiger charge is 2.28. The number of rotatable bonds is 4. The largest absolute Gasteiger partial charge is 0.361 e. The van der Waals surface area contributed by atoms with Crippen LogP contribution in [0.15, 0.2) is 29.2 Å². The third-order valence-corrected chi connectivity index (χ3v) is 4.42. The second-order valence-electron chi connectivity index (χ2n) is 6.19. The van der Waals surface area contributed by atoms with Gasteiger partial charge in [0.25, 0.3) is 0 Å². The van der Waals surface area contributed by atoms with E-state index in [0.717, 1.165) is 30.4 Å². The molecule has 2 fully saturated rings. The highest BCUT2D eigenvalue weighted by molar-refractivity contribution is 5.74. The van der Waals surface area contributed by atoms with Gasteiger partial charge in [-0.2, -0.15) is 0 Å². The lowest BCUT2D eigenvalue weighted by molar-refractivity contribution is 0.193. The van der Waals surface area contributed by atoms with E-state index in [4.69, 9.17) is 4.52 Å². The quantitative estimate of drug-likeness (QED) is 0.912. The molecule has 1 saturated carbocycles. The molecule has 1 aliphatic carbocycles. The molecule has 0 atom stereocenters. The van der Waals surface area contributed by atoms with Crippen LogP contribution in [0.25, 0.3) is 0 Å². The number of nitrogens with zero attached hydrogens (tertiary/aromatic N) is 5. The first-order valence-corrected chi connectivity index (χ1v) is 8.29. The van der Waals surface area contributed by atoms with Gasteiger partial charge < -0.3 is 19.6 Å². The normalized spacial score (nSPS) is 17.8. The molecule has 2 aliphatic rings. The molecule has 2 aromatic rings. The van der Waals surface area contributed by atoms with Gasteiger partial charge in [-0.05, 0) is 12.8 Å². The summed E-state index contributed by atoms with van der Waals surface area (Å²) >= 11 is 0. The van der Waals surface area contributed by atoms with E-state index < -0.39 is 0 Å². The number of carbonyl (C=O) groups excluding carboxylic acids is 1. The second kappa shape index (κ2) is 6.46. The Balaban J connectivity index is 1.25. The molecule has 3 heterocycles. The molecule has 1 saturated heterocycles. The molecule has 24 heavy (non-hydrogen) atoms. The van der Waals surface area contributed by atoms with Crippen molar-refractivity contribution in [3.8, 4) is 0 Å². The standard InChI is InChI=1S/C16H20N6O2/c23-16(19-10-13-9-14(24-20-13)12-1-2-12)22-7-5-21(6-8-22)15-11-17-3-4-18-15/h3-4,9,11-12H,1-2,5-8,10H2,(H,19,23). The average molecular weight is 328 g/mol. The van der Waals surface area contributed by atoms with Crippen LogP contribution in [0, 0.1) is 0 Å². The Bertz CT molecular complexity index is 692. The number of amides is 2. The summed E-state index contributed by atoms with van der Waals surface area (Å²) in [5, 5.41) is 6.93. The molecule has 0 bridgehead atoms. The molecule has 0 radical (unpaired) electrons. The average Bonchev–Trinajstić information content (AvgIpc) is 3.39. The van der Waals surface area contributed by atoms with E-state index in [1.165, 1.54) is 12.8 Å². The van der Waals surface area contributed by atoms with Crippen LogP contribution in [0.3, 0.4) is 0 Å². The Morgan fingerprint density at radius 1 is 1.25 bits per heavy atom. The molecule has 1 N–H and O–H groups in total. The summed E-state index contributed by atoms with van der Waals surface area (Å²) in [5.74, 6) is 2.33. The third-order valence-electron chi connectivity index (χ3n) is 4.42. The van der Waals surface area contributed by atoms with E-state index in [2.05, 4.69) is 25.3 Å². The van der Waals surface area contributed by atoms with Crippen molar-refractivity contribution < 1.29 is 9.32 Å². The van der Waals surface area contributed by atoms with Crippen molar-refractivity contribution in [2.45, 2.75) is 25.3 Å². The summed E-state index contributed by atoms with van der Waals surface area (Å²) in [6.07, 6.45) is 7.44. The fourth-order valence-corrected chi connectivity index (χ4v) is 2.84. The van der Waals surface area contributed by atoms with Gasteiger partial charge in [0.05, 0.1) is 12.7 Å². The summed E-state index contributed by atoms with van der Waals surface area (Å²) in [4.78, 5) is 24.6. The molecule has 0 unspecified atom stereocenters. The van der Waals surface area contributed by atoms with Crippen molar-refractivity contribution in [3.63, 3.8) is 0 Å². The van der Waals surface area contributed by atoms with Crippen molar-refractivity contribution in [1.82, 2.24) is 25.3 Å². The van der Waals surface area contributed by atoms with Gasteiger partial charge in [-0.3, -0.25) is 4.98 Å². The monoisotopic (exact) mass is 328 g/mol. The highest BCUT2D eigenvalue weighted by Crippen LogP contribution is 2.40. The van der Waals surface area contributed by atoms with E-state index >= 15 is 0 Å². The topological polar surface area (TPSA) is 87.4 Å². The number of anilines is 1. The summed E-state index contributed by atoms with van der Waals surface area (Å²) in [6.45, 7) is 3.23. The fourth-order valence-electron chi connectivity index (χ4n) is 2.84. The van der Waals surface area contributed by atoms with Gasteiger partial charge in [0.2, 0.25) is 0 Å². The first-order chi connectivity index (χ1) is 11.8. The minimum absolute atomic E-state index is 0.0650. The first kappa shape index (κ1) is 14.9. The second-order valence-corrected chi connectivity index (χ2v) is 6.19. The Hall–Kier alpha value is -2.64. The van der Waals surface area contributed by atoms with Crippen molar-refractivity contribution in [2.24, 2.45) is 0 Å². The zero-order valence-electron chi connectivity index (χ0n) is 13.4. The van der Waals surface area contributed by atoms with Gasteiger partial charge in [-0.25, -0.2) is 9.78 Å². The van der Waals surface area contributed by atoms with Gasteiger partial charge in [0.1, 0.15) is 17.3 Å². The number of hydrogen-bond donors (Lipinski definition) is 1. The first-order valence-electron chi connectivity index (χ1n) is 8.29. The number of piperazine rings is 1. The van der Waals surface area contributed by atoms with Crippen LogP contribution in [0.4, 0.5) is 10.6 Å². The summed E-state index contributed by atoms with van der Waals surface area (Å²) < 4.78 is 5.29. The lowest BCUT2D eigenvalue weighted by Crippen LogP contribution is -2.51. The molecule has 8 heteroatoms. The van der Waals surface area contributed by atoms with Crippen LogP contribution >= 0.6 is 0 Å². The minimum Gasteiger partial charge on any atom is -0.361 e. The predicted octanol–water partition coefficient (Wildman–Crippen LogP) is 1.37. The maximum Gasteiger partial charge on any atom is 0.317 e. The van der Waals surface area contributed by atoms with E-state index in [9.17, 15) is 4.79 Å². The van der Waals surface area contributed by atoms with Gasteiger partial charge >= 0.3 is 6.03 Å². The smallest absolute Gasteiger partial charge is 0.317 e. The Kier molecular flexibility index (Phi) is 4.02. The highest BCUT2D eigenvalue weighted by atomic mass is 16.5. The molecule has 2 aromatic heterocycles. The Morgan fingerprint density at radius 2 is 2.08 bits per heavy atom. The summed E-state index contributed by atoms with van der Waals surface area (Å²) in [5.41, 5.74) is 0.781. The van der Waals surface area contributed by atoms with Crippen LogP contribution in [-0.2, 0) is 6.54 Å². The minimum atomic E-state index is -0.0650. The van der Waals surface area contributed by atoms with Crippen LogP contribution in [0.2, 0.25) is 0 Å². The molecular formula is C16H20N6O2. The van der Waals surface area contributed by atoms with E-state index in [1.54, 1.807) is 18.6 Å². The molecule has 8 nitrogen and oxygen atoms in total. The van der Waals surface area contributed by atoms with Gasteiger partial charge in [-0.1, -0.05) is 5.16 Å². The summed E-state index contributed by atoms with van der Waals surface area (Å²) in [6, 6.07) is 1.88. The predicted molar refractivity (Wildman–Crippen MR) is 86.5 cm³/mol. The van der Waals surface area contributed by atoms with Crippen molar-refractivity contribution in [3.05, 3.63) is 36.1 Å². The van der Waals surface area contributed by atoms with Crippen LogP contribution in [0.5, 0.6) is 0 Å².